The Balaban J connectivity index is 2.81. The third kappa shape index (κ3) is 3.96. The van der Waals surface area contributed by atoms with Gasteiger partial charge in [0.2, 0.25) is 0 Å². The van der Waals surface area contributed by atoms with Crippen LogP contribution in [0.15, 0.2) is 29.4 Å². The molecule has 0 radical (unpaired) electrons. The number of oxime groups is 1. The third-order valence-electron chi connectivity index (χ3n) is 2.79. The lowest BCUT2D eigenvalue weighted by Gasteiger charge is -2.20. The highest BCUT2D eigenvalue weighted by Crippen LogP contribution is 2.08. The Bertz CT molecular complexity index is 443. The van der Waals surface area contributed by atoms with Crippen LogP contribution >= 0.6 is 0 Å². The third-order valence-corrected chi connectivity index (χ3v) is 2.79. The van der Waals surface area contributed by atoms with Crippen molar-refractivity contribution in [3.63, 3.8) is 0 Å². The molecule has 6 nitrogen and oxygen atoms in total. The van der Waals surface area contributed by atoms with Gasteiger partial charge in [-0.05, 0) is 25.5 Å². The predicted octanol–water partition coefficient (Wildman–Crippen LogP) is 0.626. The molecule has 0 aromatic heterocycles. The monoisotopic (exact) mass is 265 g/mol. The average Bonchev–Trinajstić information content (AvgIpc) is 2.47. The summed E-state index contributed by atoms with van der Waals surface area (Å²) >= 11 is 0. The Labute approximate surface area is 112 Å². The first kappa shape index (κ1) is 15.0. The van der Waals surface area contributed by atoms with Crippen LogP contribution in [0.2, 0.25) is 0 Å². The molecule has 19 heavy (non-hydrogen) atoms. The van der Waals surface area contributed by atoms with Crippen molar-refractivity contribution in [2.45, 2.75) is 13.3 Å². The summed E-state index contributed by atoms with van der Waals surface area (Å²) in [5.41, 5.74) is 6.54. The molecule has 0 heterocycles. The van der Waals surface area contributed by atoms with Crippen molar-refractivity contribution in [2.75, 3.05) is 19.7 Å². The van der Waals surface area contributed by atoms with Gasteiger partial charge in [-0.3, -0.25) is 4.79 Å². The summed E-state index contributed by atoms with van der Waals surface area (Å²) < 4.78 is 0. The number of aliphatic hydroxyl groups is 1. The van der Waals surface area contributed by atoms with Crippen LogP contribution < -0.4 is 5.73 Å². The maximum absolute atomic E-state index is 12.2. The minimum absolute atomic E-state index is 0.00614. The van der Waals surface area contributed by atoms with Gasteiger partial charge >= 0.3 is 0 Å². The number of nitrogens with two attached hydrogens (primary N) is 1. The van der Waals surface area contributed by atoms with Crippen molar-refractivity contribution in [3.8, 4) is 0 Å². The first-order valence-corrected chi connectivity index (χ1v) is 6.12. The summed E-state index contributed by atoms with van der Waals surface area (Å²) in [6.07, 6.45) is 0.557. The van der Waals surface area contributed by atoms with Crippen molar-refractivity contribution in [1.82, 2.24) is 4.90 Å². The number of aliphatic hydroxyl groups excluding tert-OH is 1. The van der Waals surface area contributed by atoms with Gasteiger partial charge in [0, 0.05) is 30.8 Å². The number of carbonyl (C=O) groups is 1. The van der Waals surface area contributed by atoms with E-state index in [4.69, 9.17) is 16.0 Å². The van der Waals surface area contributed by atoms with Crippen molar-refractivity contribution < 1.29 is 15.1 Å². The lowest BCUT2D eigenvalue weighted by molar-refractivity contribution is 0.0754. The largest absolute Gasteiger partial charge is 0.409 e. The molecule has 104 valence electrons. The van der Waals surface area contributed by atoms with Crippen LogP contribution in [0.5, 0.6) is 0 Å². The van der Waals surface area contributed by atoms with E-state index in [0.29, 0.717) is 30.6 Å². The van der Waals surface area contributed by atoms with Crippen LogP contribution in [0.3, 0.4) is 0 Å². The normalized spacial score (nSPS) is 11.4. The Morgan fingerprint density at radius 2 is 1.89 bits per heavy atom. The number of amidine groups is 1. The van der Waals surface area contributed by atoms with Gasteiger partial charge in [-0.2, -0.15) is 0 Å². The standard InChI is InChI=1S/C13H19N3O3/c1-2-16(8-3-9-17)13(18)11-6-4-10(5-7-11)12(14)15-19/h4-7,17,19H,2-3,8-9H2,1H3,(H2,14,15). The molecule has 0 unspecified atom stereocenters. The van der Waals surface area contributed by atoms with Crippen molar-refractivity contribution in [1.29, 1.82) is 0 Å². The van der Waals surface area contributed by atoms with E-state index >= 15 is 0 Å². The molecule has 0 atom stereocenters. The molecule has 6 heteroatoms. The Hall–Kier alpha value is -2.08. The summed E-state index contributed by atoms with van der Waals surface area (Å²) in [6.45, 7) is 3.06. The fraction of sp³-hybridized carbons (Fsp3) is 0.385. The highest BCUT2D eigenvalue weighted by Gasteiger charge is 2.13. The zero-order valence-electron chi connectivity index (χ0n) is 10.9. The molecule has 0 aliphatic heterocycles. The number of carbonyl (C=O) groups excluding carboxylic acids is 1. The summed E-state index contributed by atoms with van der Waals surface area (Å²) in [5.74, 6) is -0.0892. The highest BCUT2D eigenvalue weighted by atomic mass is 16.4. The molecule has 1 aromatic rings. The average molecular weight is 265 g/mol. The molecule has 0 spiro atoms. The first-order valence-electron chi connectivity index (χ1n) is 6.12. The quantitative estimate of drug-likeness (QED) is 0.304. The van der Waals surface area contributed by atoms with Crippen LogP contribution in [0.4, 0.5) is 0 Å². The Morgan fingerprint density at radius 3 is 2.37 bits per heavy atom. The minimum atomic E-state index is -0.0954. The maximum atomic E-state index is 12.2. The molecule has 0 fully saturated rings. The molecular weight excluding hydrogens is 246 g/mol. The topological polar surface area (TPSA) is 99.2 Å². The Kier molecular flexibility index (Phi) is 5.81. The molecular formula is C13H19N3O3. The molecule has 1 aromatic carbocycles. The van der Waals surface area contributed by atoms with Crippen LogP contribution in [0.1, 0.15) is 29.3 Å². The highest BCUT2D eigenvalue weighted by molar-refractivity contribution is 5.99. The fourth-order valence-corrected chi connectivity index (χ4v) is 1.69. The van der Waals surface area contributed by atoms with Gasteiger partial charge < -0.3 is 20.9 Å². The van der Waals surface area contributed by atoms with Gasteiger partial charge in [-0.15, -0.1) is 0 Å². The molecule has 0 saturated carbocycles. The van der Waals surface area contributed by atoms with Crippen LogP contribution in [0.25, 0.3) is 0 Å². The minimum Gasteiger partial charge on any atom is -0.409 e. The van der Waals surface area contributed by atoms with E-state index in [1.165, 1.54) is 0 Å². The number of hydrogen-bond acceptors (Lipinski definition) is 4. The second kappa shape index (κ2) is 7.38. The van der Waals surface area contributed by atoms with E-state index in [1.54, 1.807) is 29.2 Å². The molecule has 0 saturated heterocycles. The molecule has 4 N–H and O–H groups in total. The van der Waals surface area contributed by atoms with E-state index in [0.717, 1.165) is 0 Å². The predicted molar refractivity (Wildman–Crippen MR) is 72.2 cm³/mol. The zero-order chi connectivity index (χ0) is 14.3. The zero-order valence-corrected chi connectivity index (χ0v) is 10.9. The van der Waals surface area contributed by atoms with Gasteiger partial charge in [-0.1, -0.05) is 17.3 Å². The second-order valence-electron chi connectivity index (χ2n) is 4.02. The maximum Gasteiger partial charge on any atom is 0.253 e. The smallest absolute Gasteiger partial charge is 0.253 e. The number of benzene rings is 1. The molecule has 1 rings (SSSR count). The molecule has 0 bridgehead atoms. The lowest BCUT2D eigenvalue weighted by atomic mass is 10.1. The van der Waals surface area contributed by atoms with Crippen molar-refractivity contribution >= 4 is 11.7 Å². The summed E-state index contributed by atoms with van der Waals surface area (Å²) in [7, 11) is 0. The van der Waals surface area contributed by atoms with Gasteiger partial charge in [0.25, 0.3) is 5.91 Å². The first-order chi connectivity index (χ1) is 9.13. The summed E-state index contributed by atoms with van der Waals surface area (Å²) in [4.78, 5) is 13.8. The molecule has 0 aliphatic rings. The number of nitrogens with zero attached hydrogens (tertiary/aromatic N) is 2. The van der Waals surface area contributed by atoms with Crippen molar-refractivity contribution in [2.24, 2.45) is 10.9 Å². The summed E-state index contributed by atoms with van der Waals surface area (Å²) in [5, 5.41) is 20.2. The van der Waals surface area contributed by atoms with Gasteiger partial charge in [0.15, 0.2) is 5.84 Å². The Morgan fingerprint density at radius 1 is 1.32 bits per heavy atom. The van der Waals surface area contributed by atoms with Crippen LogP contribution in [-0.2, 0) is 0 Å². The molecule has 1 amide bonds. The number of amides is 1. The van der Waals surface area contributed by atoms with Gasteiger partial charge in [-0.25, -0.2) is 0 Å². The van der Waals surface area contributed by atoms with E-state index in [9.17, 15) is 4.79 Å². The van der Waals surface area contributed by atoms with E-state index in [1.807, 2.05) is 6.92 Å². The van der Waals surface area contributed by atoms with Gasteiger partial charge in [0.1, 0.15) is 0 Å². The lowest BCUT2D eigenvalue weighted by Crippen LogP contribution is -2.32. The van der Waals surface area contributed by atoms with Crippen LogP contribution in [-0.4, -0.2) is 46.7 Å². The van der Waals surface area contributed by atoms with E-state index in [2.05, 4.69) is 5.16 Å². The number of hydrogen-bond donors (Lipinski definition) is 3. The van der Waals surface area contributed by atoms with E-state index < -0.39 is 0 Å². The van der Waals surface area contributed by atoms with Crippen molar-refractivity contribution in [3.05, 3.63) is 35.4 Å². The summed E-state index contributed by atoms with van der Waals surface area (Å²) in [6, 6.07) is 6.53. The fourth-order valence-electron chi connectivity index (χ4n) is 1.69. The second-order valence-corrected chi connectivity index (χ2v) is 4.02. The van der Waals surface area contributed by atoms with E-state index in [-0.39, 0.29) is 18.3 Å². The molecule has 0 aliphatic carbocycles. The van der Waals surface area contributed by atoms with Gasteiger partial charge in [0.05, 0.1) is 0 Å². The van der Waals surface area contributed by atoms with Crippen LogP contribution in [0, 0.1) is 0 Å². The number of rotatable bonds is 6. The SMILES string of the molecule is CCN(CCCO)C(=O)c1ccc(/C(N)=N/O)cc1.